The number of para-hydroxylation sites is 1. The lowest BCUT2D eigenvalue weighted by Crippen LogP contribution is -2.25. The second-order valence-corrected chi connectivity index (χ2v) is 6.93. The Balaban J connectivity index is 1.45. The van der Waals surface area contributed by atoms with Gasteiger partial charge in [-0.15, -0.1) is 0 Å². The Bertz CT molecular complexity index is 907. The maximum atomic E-state index is 12.5. The summed E-state index contributed by atoms with van der Waals surface area (Å²) in [5, 5.41) is 7.47. The maximum absolute atomic E-state index is 12.5. The number of imidazole rings is 1. The minimum Gasteiger partial charge on any atom is -0.343 e. The van der Waals surface area contributed by atoms with Crippen LogP contribution in [0, 0.1) is 12.8 Å². The van der Waals surface area contributed by atoms with E-state index >= 15 is 0 Å². The predicted molar refractivity (Wildman–Crippen MR) is 99.1 cm³/mol. The number of carbonyl (C=O) groups is 1. The van der Waals surface area contributed by atoms with Crippen molar-refractivity contribution in [2.24, 2.45) is 5.92 Å². The standard InChI is InChI=1S/C20H23N5O/c1-14-12-18(23-25(14)15(2)16-8-9-16)20(26)22-13-19-21-10-11-24(19)17-6-4-3-5-7-17/h3-7,10-12,15-16H,8-9,13H2,1-2H3,(H,22,26)/t15-/m1/s1. The number of amides is 1. The fraction of sp³-hybridized carbons (Fsp3) is 0.350. The molecule has 4 rings (SSSR count). The zero-order valence-corrected chi connectivity index (χ0v) is 15.1. The van der Waals surface area contributed by atoms with E-state index in [1.807, 2.05) is 58.8 Å². The highest BCUT2D eigenvalue weighted by atomic mass is 16.1. The van der Waals surface area contributed by atoms with Gasteiger partial charge in [-0.25, -0.2) is 4.98 Å². The average molecular weight is 349 g/mol. The number of nitrogens with one attached hydrogen (secondary N) is 1. The maximum Gasteiger partial charge on any atom is 0.272 e. The SMILES string of the molecule is Cc1cc(C(=O)NCc2nccn2-c2ccccc2)nn1[C@H](C)C1CC1. The van der Waals surface area contributed by atoms with Crippen LogP contribution in [0.25, 0.3) is 5.69 Å². The molecular formula is C20H23N5O. The largest absolute Gasteiger partial charge is 0.343 e. The normalized spacial score (nSPS) is 15.0. The average Bonchev–Trinajstić information content (AvgIpc) is 3.28. The third kappa shape index (κ3) is 3.27. The van der Waals surface area contributed by atoms with Crippen molar-refractivity contribution in [2.45, 2.75) is 39.3 Å². The number of hydrogen-bond acceptors (Lipinski definition) is 3. The van der Waals surface area contributed by atoms with Crippen LogP contribution in [-0.2, 0) is 6.54 Å². The first kappa shape index (κ1) is 16.6. The van der Waals surface area contributed by atoms with E-state index < -0.39 is 0 Å². The summed E-state index contributed by atoms with van der Waals surface area (Å²) in [5.41, 5.74) is 2.51. The monoisotopic (exact) mass is 349 g/mol. The van der Waals surface area contributed by atoms with Crippen molar-refractivity contribution in [1.82, 2.24) is 24.6 Å². The number of aromatic nitrogens is 4. The van der Waals surface area contributed by atoms with Crippen LogP contribution < -0.4 is 5.32 Å². The van der Waals surface area contributed by atoms with Gasteiger partial charge in [0, 0.05) is 23.8 Å². The van der Waals surface area contributed by atoms with E-state index in [0.717, 1.165) is 17.2 Å². The fourth-order valence-electron chi connectivity index (χ4n) is 3.33. The van der Waals surface area contributed by atoms with Crippen molar-refractivity contribution in [3.05, 3.63) is 66.0 Å². The second-order valence-electron chi connectivity index (χ2n) is 6.93. The molecule has 1 amide bonds. The van der Waals surface area contributed by atoms with Gasteiger partial charge in [-0.2, -0.15) is 5.10 Å². The Labute approximate surface area is 152 Å². The molecule has 1 aliphatic rings. The minimum atomic E-state index is -0.169. The lowest BCUT2D eigenvalue weighted by molar-refractivity contribution is 0.0943. The molecule has 3 aromatic rings. The highest BCUT2D eigenvalue weighted by Crippen LogP contribution is 2.39. The Hall–Kier alpha value is -2.89. The highest BCUT2D eigenvalue weighted by molar-refractivity contribution is 5.92. The number of benzene rings is 1. The fourth-order valence-corrected chi connectivity index (χ4v) is 3.33. The van der Waals surface area contributed by atoms with Crippen LogP contribution in [0.2, 0.25) is 0 Å². The van der Waals surface area contributed by atoms with Crippen molar-refractivity contribution in [1.29, 1.82) is 0 Å². The lowest BCUT2D eigenvalue weighted by Gasteiger charge is -2.12. The van der Waals surface area contributed by atoms with Crippen LogP contribution in [0.4, 0.5) is 0 Å². The Morgan fingerprint density at radius 2 is 2.08 bits per heavy atom. The van der Waals surface area contributed by atoms with Crippen LogP contribution in [0.1, 0.15) is 47.8 Å². The first-order valence-corrected chi connectivity index (χ1v) is 9.05. The molecule has 0 saturated heterocycles. The lowest BCUT2D eigenvalue weighted by atomic mass is 10.2. The molecule has 6 nitrogen and oxygen atoms in total. The van der Waals surface area contributed by atoms with Crippen LogP contribution >= 0.6 is 0 Å². The molecule has 2 heterocycles. The van der Waals surface area contributed by atoms with Gasteiger partial charge in [0.25, 0.3) is 5.91 Å². The Morgan fingerprint density at radius 3 is 2.81 bits per heavy atom. The second kappa shape index (κ2) is 6.78. The van der Waals surface area contributed by atoms with Crippen LogP contribution in [0.3, 0.4) is 0 Å². The molecule has 0 bridgehead atoms. The van der Waals surface area contributed by atoms with Crippen LogP contribution in [0.15, 0.2) is 48.8 Å². The first-order chi connectivity index (χ1) is 12.6. The summed E-state index contributed by atoms with van der Waals surface area (Å²) >= 11 is 0. The zero-order chi connectivity index (χ0) is 18.1. The van der Waals surface area contributed by atoms with E-state index in [-0.39, 0.29) is 5.91 Å². The van der Waals surface area contributed by atoms with E-state index in [1.165, 1.54) is 12.8 Å². The minimum absolute atomic E-state index is 0.169. The summed E-state index contributed by atoms with van der Waals surface area (Å²) in [4.78, 5) is 16.9. The quantitative estimate of drug-likeness (QED) is 0.743. The number of hydrogen-bond donors (Lipinski definition) is 1. The number of carbonyl (C=O) groups excluding carboxylic acids is 1. The van der Waals surface area contributed by atoms with E-state index in [2.05, 4.69) is 22.3 Å². The molecular weight excluding hydrogens is 326 g/mol. The number of rotatable bonds is 6. The number of aryl methyl sites for hydroxylation is 1. The van der Waals surface area contributed by atoms with Gasteiger partial charge in [-0.3, -0.25) is 9.48 Å². The summed E-state index contributed by atoms with van der Waals surface area (Å²) in [7, 11) is 0. The summed E-state index contributed by atoms with van der Waals surface area (Å²) in [6.45, 7) is 4.53. The van der Waals surface area contributed by atoms with E-state index in [1.54, 1.807) is 6.20 Å². The van der Waals surface area contributed by atoms with Gasteiger partial charge >= 0.3 is 0 Å². The van der Waals surface area contributed by atoms with Crippen molar-refractivity contribution < 1.29 is 4.79 Å². The number of nitrogens with zero attached hydrogens (tertiary/aromatic N) is 4. The molecule has 0 radical (unpaired) electrons. The van der Waals surface area contributed by atoms with E-state index in [9.17, 15) is 4.79 Å². The Morgan fingerprint density at radius 1 is 1.31 bits per heavy atom. The summed E-state index contributed by atoms with van der Waals surface area (Å²) in [5.74, 6) is 1.31. The first-order valence-electron chi connectivity index (χ1n) is 9.05. The molecule has 0 aliphatic heterocycles. The topological polar surface area (TPSA) is 64.7 Å². The molecule has 1 aliphatic carbocycles. The zero-order valence-electron chi connectivity index (χ0n) is 15.1. The molecule has 0 unspecified atom stereocenters. The predicted octanol–water partition coefficient (Wildman–Crippen LogP) is 3.28. The molecule has 1 N–H and O–H groups in total. The van der Waals surface area contributed by atoms with Crippen LogP contribution in [0.5, 0.6) is 0 Å². The van der Waals surface area contributed by atoms with Crippen molar-refractivity contribution in [3.63, 3.8) is 0 Å². The van der Waals surface area contributed by atoms with Crippen molar-refractivity contribution >= 4 is 5.91 Å². The summed E-state index contributed by atoms with van der Waals surface area (Å²) in [6, 6.07) is 12.2. The molecule has 1 aromatic carbocycles. The molecule has 6 heteroatoms. The van der Waals surface area contributed by atoms with Crippen molar-refractivity contribution in [3.8, 4) is 5.69 Å². The third-order valence-corrected chi connectivity index (χ3v) is 5.00. The van der Waals surface area contributed by atoms with Gasteiger partial charge < -0.3 is 9.88 Å². The van der Waals surface area contributed by atoms with Gasteiger partial charge in [-0.05, 0) is 50.8 Å². The van der Waals surface area contributed by atoms with E-state index in [0.29, 0.717) is 24.2 Å². The molecule has 26 heavy (non-hydrogen) atoms. The Kier molecular flexibility index (Phi) is 4.32. The van der Waals surface area contributed by atoms with E-state index in [4.69, 9.17) is 0 Å². The molecule has 1 fully saturated rings. The van der Waals surface area contributed by atoms with Gasteiger partial charge in [-0.1, -0.05) is 18.2 Å². The molecule has 0 spiro atoms. The van der Waals surface area contributed by atoms with Crippen molar-refractivity contribution in [2.75, 3.05) is 0 Å². The van der Waals surface area contributed by atoms with Gasteiger partial charge in [0.2, 0.25) is 0 Å². The summed E-state index contributed by atoms with van der Waals surface area (Å²) in [6.07, 6.45) is 6.14. The molecule has 1 saturated carbocycles. The van der Waals surface area contributed by atoms with Gasteiger partial charge in [0.1, 0.15) is 11.5 Å². The molecule has 2 aromatic heterocycles. The third-order valence-electron chi connectivity index (χ3n) is 5.00. The van der Waals surface area contributed by atoms with Gasteiger partial charge in [0.15, 0.2) is 0 Å². The van der Waals surface area contributed by atoms with Crippen LogP contribution in [-0.4, -0.2) is 25.2 Å². The summed E-state index contributed by atoms with van der Waals surface area (Å²) < 4.78 is 3.96. The molecule has 1 atom stereocenters. The molecule has 134 valence electrons. The van der Waals surface area contributed by atoms with Gasteiger partial charge in [0.05, 0.1) is 12.6 Å². The highest BCUT2D eigenvalue weighted by Gasteiger charge is 2.30. The smallest absolute Gasteiger partial charge is 0.272 e.